The molecule has 0 saturated heterocycles. The van der Waals surface area contributed by atoms with Gasteiger partial charge >= 0.3 is 12.0 Å². The van der Waals surface area contributed by atoms with E-state index in [1.165, 1.54) is 0 Å². The Bertz CT molecular complexity index is 827. The van der Waals surface area contributed by atoms with Gasteiger partial charge in [-0.05, 0) is 31.0 Å². The Labute approximate surface area is 157 Å². The van der Waals surface area contributed by atoms with E-state index in [2.05, 4.69) is 10.6 Å². The third kappa shape index (κ3) is 3.80. The van der Waals surface area contributed by atoms with Crippen LogP contribution in [0.15, 0.2) is 53.7 Å². The molecule has 3 rings (SSSR count). The zero-order valence-electron chi connectivity index (χ0n) is 14.9. The molecule has 2 N–H and O–H groups in total. The number of rotatable bonds is 6. The first-order valence-electron chi connectivity index (χ1n) is 8.76. The summed E-state index contributed by atoms with van der Waals surface area (Å²) in [5.41, 5.74) is 2.25. The van der Waals surface area contributed by atoms with Crippen LogP contribution in [0.3, 0.4) is 0 Å². The van der Waals surface area contributed by atoms with Crippen molar-refractivity contribution in [2.24, 2.45) is 0 Å². The number of thiophene rings is 1. The molecule has 0 aliphatic carbocycles. The molecular weight excluding hydrogens is 348 g/mol. The van der Waals surface area contributed by atoms with Crippen molar-refractivity contribution in [3.8, 4) is 10.4 Å². The van der Waals surface area contributed by atoms with E-state index in [4.69, 9.17) is 4.74 Å². The van der Waals surface area contributed by atoms with Gasteiger partial charge in [0.1, 0.15) is 0 Å². The minimum atomic E-state index is -0.494. The van der Waals surface area contributed by atoms with Gasteiger partial charge in [0.2, 0.25) is 0 Å². The first-order valence-corrected chi connectivity index (χ1v) is 9.58. The van der Waals surface area contributed by atoms with Gasteiger partial charge in [-0.1, -0.05) is 43.7 Å². The number of carbonyl (C=O) groups is 2. The largest absolute Gasteiger partial charge is 0.463 e. The van der Waals surface area contributed by atoms with Crippen LogP contribution in [0.25, 0.3) is 10.4 Å². The van der Waals surface area contributed by atoms with E-state index >= 15 is 0 Å². The van der Waals surface area contributed by atoms with Gasteiger partial charge < -0.3 is 15.4 Å². The second kappa shape index (κ2) is 8.19. The van der Waals surface area contributed by atoms with Crippen LogP contribution in [0.5, 0.6) is 0 Å². The van der Waals surface area contributed by atoms with Crippen molar-refractivity contribution in [2.45, 2.75) is 32.7 Å². The van der Waals surface area contributed by atoms with E-state index in [9.17, 15) is 9.59 Å². The number of carbonyl (C=O) groups excluding carboxylic acids is 2. The summed E-state index contributed by atoms with van der Waals surface area (Å²) >= 11 is 1.57. The van der Waals surface area contributed by atoms with E-state index in [1.807, 2.05) is 49.4 Å². The van der Waals surface area contributed by atoms with E-state index in [-0.39, 0.29) is 12.0 Å². The number of hydrogen-bond acceptors (Lipinski definition) is 4. The lowest BCUT2D eigenvalue weighted by molar-refractivity contribution is -0.139. The lowest BCUT2D eigenvalue weighted by atomic mass is 9.99. The monoisotopic (exact) mass is 370 g/mol. The summed E-state index contributed by atoms with van der Waals surface area (Å²) in [5.74, 6) is -0.386. The summed E-state index contributed by atoms with van der Waals surface area (Å²) in [6.07, 6.45) is 1.44. The molecule has 2 aromatic rings. The van der Waals surface area contributed by atoms with Gasteiger partial charge in [-0.2, -0.15) is 0 Å². The Morgan fingerprint density at radius 2 is 1.92 bits per heavy atom. The third-order valence-electron chi connectivity index (χ3n) is 4.12. The van der Waals surface area contributed by atoms with Crippen molar-refractivity contribution in [3.05, 3.63) is 58.6 Å². The van der Waals surface area contributed by atoms with Gasteiger partial charge in [0.25, 0.3) is 0 Å². The molecule has 1 aromatic carbocycles. The lowest BCUT2D eigenvalue weighted by Gasteiger charge is -2.28. The summed E-state index contributed by atoms with van der Waals surface area (Å²) in [4.78, 5) is 26.7. The smallest absolute Gasteiger partial charge is 0.338 e. The SMILES string of the molecule is CCCC1=C(C(=O)OCC)C(c2ccc(-c3ccccc3)s2)NC(=O)N1. The van der Waals surface area contributed by atoms with Crippen molar-refractivity contribution in [1.82, 2.24) is 10.6 Å². The Kier molecular flexibility index (Phi) is 5.73. The first-order chi connectivity index (χ1) is 12.6. The number of urea groups is 1. The first kappa shape index (κ1) is 18.2. The molecule has 0 saturated carbocycles. The highest BCUT2D eigenvalue weighted by molar-refractivity contribution is 7.15. The number of amides is 2. The average molecular weight is 370 g/mol. The molecular formula is C20H22N2O3S. The summed E-state index contributed by atoms with van der Waals surface area (Å²) in [7, 11) is 0. The van der Waals surface area contributed by atoms with Crippen LogP contribution in [0.2, 0.25) is 0 Å². The van der Waals surface area contributed by atoms with Crippen LogP contribution in [0, 0.1) is 0 Å². The van der Waals surface area contributed by atoms with Crippen molar-refractivity contribution >= 4 is 23.3 Å². The lowest BCUT2D eigenvalue weighted by Crippen LogP contribution is -2.45. The van der Waals surface area contributed by atoms with E-state index in [0.29, 0.717) is 24.3 Å². The Morgan fingerprint density at radius 1 is 1.15 bits per heavy atom. The van der Waals surface area contributed by atoms with Crippen LogP contribution in [0.1, 0.15) is 37.6 Å². The Morgan fingerprint density at radius 3 is 2.62 bits per heavy atom. The number of ether oxygens (including phenoxy) is 1. The average Bonchev–Trinajstić information content (AvgIpc) is 3.12. The normalized spacial score (nSPS) is 16.8. The van der Waals surface area contributed by atoms with Crippen molar-refractivity contribution in [1.29, 1.82) is 0 Å². The molecule has 0 bridgehead atoms. The summed E-state index contributed by atoms with van der Waals surface area (Å²) in [6, 6.07) is 13.2. The van der Waals surface area contributed by atoms with Gasteiger partial charge in [0.05, 0.1) is 18.2 Å². The number of hydrogen-bond donors (Lipinski definition) is 2. The van der Waals surface area contributed by atoms with Gasteiger partial charge in [-0.25, -0.2) is 9.59 Å². The maximum atomic E-state index is 12.6. The highest BCUT2D eigenvalue weighted by Gasteiger charge is 2.34. The molecule has 6 heteroatoms. The number of allylic oxidation sites excluding steroid dienone is 1. The maximum absolute atomic E-state index is 12.6. The van der Waals surface area contributed by atoms with E-state index < -0.39 is 6.04 Å². The van der Waals surface area contributed by atoms with E-state index in [0.717, 1.165) is 21.7 Å². The van der Waals surface area contributed by atoms with Crippen LogP contribution in [-0.4, -0.2) is 18.6 Å². The van der Waals surface area contributed by atoms with Crippen LogP contribution in [0.4, 0.5) is 4.79 Å². The number of esters is 1. The van der Waals surface area contributed by atoms with Crippen LogP contribution < -0.4 is 10.6 Å². The van der Waals surface area contributed by atoms with Crippen LogP contribution >= 0.6 is 11.3 Å². The summed E-state index contributed by atoms with van der Waals surface area (Å²) in [6.45, 7) is 4.08. The molecule has 5 nitrogen and oxygen atoms in total. The number of nitrogens with one attached hydrogen (secondary N) is 2. The predicted molar refractivity (Wildman–Crippen MR) is 103 cm³/mol. The van der Waals surface area contributed by atoms with Crippen LogP contribution in [-0.2, 0) is 9.53 Å². The fourth-order valence-corrected chi connectivity index (χ4v) is 4.07. The van der Waals surface area contributed by atoms with Crippen molar-refractivity contribution in [3.63, 3.8) is 0 Å². The molecule has 26 heavy (non-hydrogen) atoms. The molecule has 0 fully saturated rings. The van der Waals surface area contributed by atoms with E-state index in [1.54, 1.807) is 18.3 Å². The summed E-state index contributed by atoms with van der Waals surface area (Å²) < 4.78 is 5.25. The molecule has 0 radical (unpaired) electrons. The second-order valence-electron chi connectivity index (χ2n) is 5.96. The molecule has 1 aliphatic rings. The fourth-order valence-electron chi connectivity index (χ4n) is 2.99. The zero-order valence-corrected chi connectivity index (χ0v) is 15.7. The highest BCUT2D eigenvalue weighted by atomic mass is 32.1. The van der Waals surface area contributed by atoms with Gasteiger partial charge in [-0.3, -0.25) is 0 Å². The second-order valence-corrected chi connectivity index (χ2v) is 7.08. The van der Waals surface area contributed by atoms with Crippen molar-refractivity contribution in [2.75, 3.05) is 6.61 Å². The van der Waals surface area contributed by atoms with Gasteiger partial charge in [0, 0.05) is 15.5 Å². The molecule has 0 spiro atoms. The quantitative estimate of drug-likeness (QED) is 0.741. The molecule has 2 amide bonds. The van der Waals surface area contributed by atoms with Crippen molar-refractivity contribution < 1.29 is 14.3 Å². The molecule has 2 heterocycles. The fraction of sp³-hybridized carbons (Fsp3) is 0.300. The topological polar surface area (TPSA) is 67.4 Å². The Hall–Kier alpha value is -2.60. The predicted octanol–water partition coefficient (Wildman–Crippen LogP) is 4.39. The standard InChI is InChI=1S/C20H22N2O3S/c1-3-8-14-17(19(23)25-4-2)18(22-20(24)21-14)16-12-11-15(26-16)13-9-6-5-7-10-13/h5-7,9-12,18H,3-4,8H2,1-2H3,(H2,21,22,24). The highest BCUT2D eigenvalue weighted by Crippen LogP contribution is 2.36. The zero-order chi connectivity index (χ0) is 18.5. The minimum Gasteiger partial charge on any atom is -0.463 e. The molecule has 1 atom stereocenters. The maximum Gasteiger partial charge on any atom is 0.338 e. The molecule has 1 aliphatic heterocycles. The molecule has 1 unspecified atom stereocenters. The van der Waals surface area contributed by atoms with Gasteiger partial charge in [0.15, 0.2) is 0 Å². The molecule has 1 aromatic heterocycles. The Balaban J connectivity index is 2.00. The minimum absolute atomic E-state index is 0.291. The number of benzene rings is 1. The molecule has 136 valence electrons. The summed E-state index contributed by atoms with van der Waals surface area (Å²) in [5, 5.41) is 5.66. The van der Waals surface area contributed by atoms with Gasteiger partial charge in [-0.15, -0.1) is 11.3 Å². The third-order valence-corrected chi connectivity index (χ3v) is 5.32.